The van der Waals surface area contributed by atoms with Crippen LogP contribution in [0.5, 0.6) is 0 Å². The van der Waals surface area contributed by atoms with Gasteiger partial charge >= 0.3 is 6.09 Å². The van der Waals surface area contributed by atoms with E-state index in [2.05, 4.69) is 5.32 Å². The maximum atomic E-state index is 11.6. The van der Waals surface area contributed by atoms with Crippen molar-refractivity contribution in [1.82, 2.24) is 10.2 Å². The normalized spacial score (nSPS) is 21.7. The van der Waals surface area contributed by atoms with Crippen molar-refractivity contribution in [3.05, 3.63) is 0 Å². The molecule has 1 fully saturated rings. The minimum absolute atomic E-state index is 0.0806. The zero-order chi connectivity index (χ0) is 12.3. The van der Waals surface area contributed by atoms with E-state index in [0.717, 1.165) is 0 Å². The van der Waals surface area contributed by atoms with Crippen LogP contribution >= 0.6 is 0 Å². The van der Waals surface area contributed by atoms with E-state index in [1.54, 1.807) is 20.8 Å². The lowest BCUT2D eigenvalue weighted by atomic mass is 10.2. The van der Waals surface area contributed by atoms with Gasteiger partial charge in [-0.1, -0.05) is 0 Å². The standard InChI is InChI=1S/C10H18N2O4/c1-10(2,3)16-9(15)12-5-4-11-7(6-12)8(13)14/h7,11H,4-6H2,1-3H3,(H,13,14)/p-1/t7-/m1/s1. The third kappa shape index (κ3) is 3.69. The maximum absolute atomic E-state index is 11.6. The van der Waals surface area contributed by atoms with E-state index in [9.17, 15) is 14.7 Å². The summed E-state index contributed by atoms with van der Waals surface area (Å²) in [4.78, 5) is 23.7. The van der Waals surface area contributed by atoms with E-state index < -0.39 is 23.7 Å². The van der Waals surface area contributed by atoms with Crippen molar-refractivity contribution in [2.24, 2.45) is 0 Å². The highest BCUT2D eigenvalue weighted by Gasteiger charge is 2.27. The lowest BCUT2D eigenvalue weighted by Crippen LogP contribution is -2.59. The molecule has 1 atom stereocenters. The fourth-order valence-corrected chi connectivity index (χ4v) is 1.40. The van der Waals surface area contributed by atoms with Crippen LogP contribution in [-0.2, 0) is 9.53 Å². The molecule has 0 aromatic rings. The highest BCUT2D eigenvalue weighted by atomic mass is 16.6. The highest BCUT2D eigenvalue weighted by molar-refractivity contribution is 5.74. The molecule has 1 heterocycles. The molecule has 0 saturated carbocycles. The number of hydrogen-bond acceptors (Lipinski definition) is 5. The number of nitrogens with one attached hydrogen (secondary N) is 1. The molecular weight excluding hydrogens is 212 g/mol. The predicted molar refractivity (Wildman–Crippen MR) is 54.6 cm³/mol. The average Bonchev–Trinajstić information content (AvgIpc) is 2.15. The Morgan fingerprint density at radius 1 is 1.44 bits per heavy atom. The molecule has 1 amide bonds. The molecule has 0 aliphatic carbocycles. The van der Waals surface area contributed by atoms with Crippen LogP contribution in [0.4, 0.5) is 4.79 Å². The number of piperazine rings is 1. The van der Waals surface area contributed by atoms with Crippen LogP contribution in [0.2, 0.25) is 0 Å². The summed E-state index contributed by atoms with van der Waals surface area (Å²) in [5, 5.41) is 13.4. The Morgan fingerprint density at radius 3 is 2.56 bits per heavy atom. The number of nitrogens with zero attached hydrogens (tertiary/aromatic N) is 1. The van der Waals surface area contributed by atoms with E-state index in [1.807, 2.05) is 0 Å². The molecule has 1 saturated heterocycles. The van der Waals surface area contributed by atoms with Gasteiger partial charge in [-0.25, -0.2) is 4.79 Å². The van der Waals surface area contributed by atoms with Crippen molar-refractivity contribution in [2.45, 2.75) is 32.4 Å². The SMILES string of the molecule is CC(C)(C)OC(=O)N1CCN[C@@H](C(=O)[O-])C1. The van der Waals surface area contributed by atoms with Crippen molar-refractivity contribution in [1.29, 1.82) is 0 Å². The summed E-state index contributed by atoms with van der Waals surface area (Å²) >= 11 is 0. The van der Waals surface area contributed by atoms with E-state index in [-0.39, 0.29) is 6.54 Å². The summed E-state index contributed by atoms with van der Waals surface area (Å²) in [7, 11) is 0. The van der Waals surface area contributed by atoms with Crippen LogP contribution in [0.15, 0.2) is 0 Å². The second-order valence-electron chi connectivity index (χ2n) is 4.75. The summed E-state index contributed by atoms with van der Waals surface area (Å²) in [6, 6.07) is -0.818. The molecule has 6 nitrogen and oxygen atoms in total. The van der Waals surface area contributed by atoms with Crippen LogP contribution in [0.3, 0.4) is 0 Å². The van der Waals surface area contributed by atoms with Gasteiger partial charge in [-0.15, -0.1) is 0 Å². The van der Waals surface area contributed by atoms with Crippen LogP contribution < -0.4 is 10.4 Å². The summed E-state index contributed by atoms with van der Waals surface area (Å²) in [5.41, 5.74) is -0.571. The fraction of sp³-hybridized carbons (Fsp3) is 0.800. The first-order chi connectivity index (χ1) is 7.29. The van der Waals surface area contributed by atoms with Crippen LogP contribution in [0.1, 0.15) is 20.8 Å². The highest BCUT2D eigenvalue weighted by Crippen LogP contribution is 2.11. The Balaban J connectivity index is 2.54. The van der Waals surface area contributed by atoms with Gasteiger partial charge in [-0.05, 0) is 20.8 Å². The molecule has 1 N–H and O–H groups in total. The third-order valence-corrected chi connectivity index (χ3v) is 2.11. The number of aliphatic carboxylic acids is 1. The molecule has 0 spiro atoms. The Kier molecular flexibility index (Phi) is 3.74. The molecule has 0 unspecified atom stereocenters. The van der Waals surface area contributed by atoms with Gasteiger partial charge in [0.2, 0.25) is 0 Å². The molecular formula is C10H17N2O4-. The Bertz CT molecular complexity index is 285. The van der Waals surface area contributed by atoms with Crippen LogP contribution in [0.25, 0.3) is 0 Å². The monoisotopic (exact) mass is 229 g/mol. The molecule has 1 aliphatic rings. The van der Waals surface area contributed by atoms with Crippen molar-refractivity contribution in [3.63, 3.8) is 0 Å². The van der Waals surface area contributed by atoms with Crippen molar-refractivity contribution < 1.29 is 19.4 Å². The molecule has 0 aromatic heterocycles. The van der Waals surface area contributed by atoms with Gasteiger partial charge in [-0.2, -0.15) is 0 Å². The van der Waals surface area contributed by atoms with E-state index >= 15 is 0 Å². The molecule has 92 valence electrons. The lowest BCUT2D eigenvalue weighted by molar-refractivity contribution is -0.309. The Morgan fingerprint density at radius 2 is 2.06 bits per heavy atom. The smallest absolute Gasteiger partial charge is 0.410 e. The topological polar surface area (TPSA) is 81.7 Å². The second kappa shape index (κ2) is 4.69. The minimum atomic E-state index is -1.20. The summed E-state index contributed by atoms with van der Waals surface area (Å²) in [6.07, 6.45) is -0.486. The third-order valence-electron chi connectivity index (χ3n) is 2.11. The first-order valence-electron chi connectivity index (χ1n) is 5.22. The molecule has 6 heteroatoms. The van der Waals surface area contributed by atoms with Crippen LogP contribution in [0, 0.1) is 0 Å². The van der Waals surface area contributed by atoms with Crippen LogP contribution in [-0.4, -0.2) is 48.2 Å². The predicted octanol–water partition coefficient (Wildman–Crippen LogP) is -1.05. The molecule has 1 aliphatic heterocycles. The first kappa shape index (κ1) is 12.8. The molecule has 0 aromatic carbocycles. The van der Waals surface area contributed by atoms with Gasteiger partial charge in [0, 0.05) is 19.6 Å². The number of carbonyl (C=O) groups excluding carboxylic acids is 2. The lowest BCUT2D eigenvalue weighted by Gasteiger charge is -2.35. The van der Waals surface area contributed by atoms with E-state index in [4.69, 9.17) is 4.74 Å². The zero-order valence-corrected chi connectivity index (χ0v) is 9.78. The summed E-state index contributed by atoms with van der Waals surface area (Å²) in [6.45, 7) is 6.25. The number of hydrogen-bond donors (Lipinski definition) is 1. The largest absolute Gasteiger partial charge is 0.548 e. The van der Waals surface area contributed by atoms with Gasteiger partial charge in [-0.3, -0.25) is 0 Å². The molecule has 16 heavy (non-hydrogen) atoms. The fourth-order valence-electron chi connectivity index (χ4n) is 1.40. The number of ether oxygens (including phenoxy) is 1. The summed E-state index contributed by atoms with van der Waals surface area (Å²) in [5.74, 6) is -1.20. The van der Waals surface area contributed by atoms with Gasteiger partial charge in [0.05, 0.1) is 12.0 Å². The number of carboxylic acids is 1. The second-order valence-corrected chi connectivity index (χ2v) is 4.75. The van der Waals surface area contributed by atoms with Gasteiger partial charge in [0.1, 0.15) is 5.60 Å². The maximum Gasteiger partial charge on any atom is 0.410 e. The first-order valence-corrected chi connectivity index (χ1v) is 5.22. The number of amides is 1. The van der Waals surface area contributed by atoms with Crippen molar-refractivity contribution >= 4 is 12.1 Å². The zero-order valence-electron chi connectivity index (χ0n) is 9.78. The quantitative estimate of drug-likeness (QED) is 0.620. The van der Waals surface area contributed by atoms with Crippen molar-refractivity contribution in [3.8, 4) is 0 Å². The van der Waals surface area contributed by atoms with Crippen molar-refractivity contribution in [2.75, 3.05) is 19.6 Å². The number of carboxylic acid groups (broad SMARTS) is 1. The van der Waals surface area contributed by atoms with Gasteiger partial charge in [0.25, 0.3) is 0 Å². The Labute approximate surface area is 94.6 Å². The van der Waals surface area contributed by atoms with E-state index in [1.165, 1.54) is 4.90 Å². The molecule has 0 bridgehead atoms. The van der Waals surface area contributed by atoms with Gasteiger partial charge in [0.15, 0.2) is 0 Å². The number of carbonyl (C=O) groups is 2. The van der Waals surface area contributed by atoms with E-state index in [0.29, 0.717) is 13.1 Å². The Hall–Kier alpha value is -1.30. The summed E-state index contributed by atoms with van der Waals surface area (Å²) < 4.78 is 5.15. The molecule has 0 radical (unpaired) electrons. The van der Waals surface area contributed by atoms with Gasteiger partial charge < -0.3 is 24.9 Å². The minimum Gasteiger partial charge on any atom is -0.548 e. The number of rotatable bonds is 1. The molecule has 1 rings (SSSR count). The average molecular weight is 229 g/mol.